The summed E-state index contributed by atoms with van der Waals surface area (Å²) in [6.45, 7) is 1.35. The maximum Gasteiger partial charge on any atom is 0.228 e. The summed E-state index contributed by atoms with van der Waals surface area (Å²) >= 11 is 0. The Kier molecular flexibility index (Phi) is 10.4. The van der Waals surface area contributed by atoms with Gasteiger partial charge in [-0.05, 0) is 22.3 Å². The van der Waals surface area contributed by atoms with Crippen molar-refractivity contribution in [1.82, 2.24) is 0 Å². The van der Waals surface area contributed by atoms with Crippen LogP contribution in [0.2, 0.25) is 0 Å². The fraction of sp³-hybridized carbons (Fsp3) is 0.294. The molecule has 0 spiro atoms. The molecule has 5 atom stereocenters. The topological polar surface area (TPSA) is 46.2 Å². The second-order valence-electron chi connectivity index (χ2n) is 9.81. The van der Waals surface area contributed by atoms with Gasteiger partial charge in [0.2, 0.25) is 6.36 Å². The van der Waals surface area contributed by atoms with Crippen molar-refractivity contribution in [2.45, 2.75) is 57.2 Å². The molecule has 0 aliphatic carbocycles. The lowest BCUT2D eigenvalue weighted by Crippen LogP contribution is -2.60. The molecule has 0 aromatic heterocycles. The normalized spacial score (nSPS) is 22.7. The van der Waals surface area contributed by atoms with Crippen LogP contribution in [0.1, 0.15) is 22.3 Å². The van der Waals surface area contributed by atoms with Crippen LogP contribution in [-0.4, -0.2) is 37.4 Å². The van der Waals surface area contributed by atoms with Crippen LogP contribution in [0.4, 0.5) is 4.39 Å². The molecular weight excluding hydrogens is 507 g/mol. The van der Waals surface area contributed by atoms with Gasteiger partial charge in [-0.2, -0.15) is 0 Å². The maximum absolute atomic E-state index is 15.7. The third kappa shape index (κ3) is 8.07. The molecular formula is C34H35FO5. The number of hydrogen-bond acceptors (Lipinski definition) is 5. The molecule has 2 unspecified atom stereocenters. The Hall–Kier alpha value is -3.39. The number of alkyl halides is 1. The van der Waals surface area contributed by atoms with E-state index in [0.717, 1.165) is 22.3 Å². The molecule has 1 aliphatic rings. The Morgan fingerprint density at radius 1 is 0.475 bits per heavy atom. The van der Waals surface area contributed by atoms with Crippen LogP contribution in [0.5, 0.6) is 0 Å². The molecule has 0 radical (unpaired) electrons. The summed E-state index contributed by atoms with van der Waals surface area (Å²) in [5, 5.41) is 0. The Morgan fingerprint density at radius 2 is 0.850 bits per heavy atom. The predicted molar refractivity (Wildman–Crippen MR) is 151 cm³/mol. The second-order valence-corrected chi connectivity index (χ2v) is 9.81. The van der Waals surface area contributed by atoms with Gasteiger partial charge in [0.15, 0.2) is 0 Å². The second kappa shape index (κ2) is 14.8. The van der Waals surface area contributed by atoms with E-state index in [4.69, 9.17) is 23.7 Å². The van der Waals surface area contributed by atoms with Crippen LogP contribution in [0.25, 0.3) is 0 Å². The summed E-state index contributed by atoms with van der Waals surface area (Å²) in [6.07, 6.45) is -4.77. The predicted octanol–water partition coefficient (Wildman–Crippen LogP) is 6.65. The molecule has 40 heavy (non-hydrogen) atoms. The Morgan fingerprint density at radius 3 is 1.30 bits per heavy atom. The number of hydrogen-bond donors (Lipinski definition) is 0. The van der Waals surface area contributed by atoms with Gasteiger partial charge in [0.05, 0.1) is 33.0 Å². The van der Waals surface area contributed by atoms with Crippen molar-refractivity contribution in [2.24, 2.45) is 0 Å². The van der Waals surface area contributed by atoms with Gasteiger partial charge in [-0.25, -0.2) is 4.39 Å². The quantitative estimate of drug-likeness (QED) is 0.189. The lowest BCUT2D eigenvalue weighted by molar-refractivity contribution is -0.298. The Balaban J connectivity index is 1.36. The fourth-order valence-corrected chi connectivity index (χ4v) is 4.73. The van der Waals surface area contributed by atoms with Crippen molar-refractivity contribution in [3.8, 4) is 0 Å². The van der Waals surface area contributed by atoms with E-state index in [1.807, 2.05) is 121 Å². The standard InChI is InChI=1S/C34H35FO5/c35-34-33(39-24-29-19-11-4-12-20-29)32(38-23-28-17-9-3-10-18-28)31(37-22-27-15-7-2-8-16-27)30(40-34)25-36-21-26-13-5-1-6-14-26/h1-20,30-34H,21-25H2/t30?,31-,32?,33-,34-/m0/s1. The smallest absolute Gasteiger partial charge is 0.228 e. The molecule has 4 aromatic rings. The molecule has 4 aromatic carbocycles. The molecule has 0 bridgehead atoms. The van der Waals surface area contributed by atoms with Crippen LogP contribution in [0.3, 0.4) is 0 Å². The summed E-state index contributed by atoms with van der Waals surface area (Å²) in [5.74, 6) is 0. The minimum absolute atomic E-state index is 0.144. The van der Waals surface area contributed by atoms with E-state index >= 15 is 4.39 Å². The molecule has 1 saturated heterocycles. The van der Waals surface area contributed by atoms with Crippen LogP contribution >= 0.6 is 0 Å². The SMILES string of the molecule is F[C@H]1OC(COCc2ccccc2)[C@H](OCc2ccccc2)C(OCc2ccccc2)[C@@H]1OCc1ccccc1. The highest BCUT2D eigenvalue weighted by atomic mass is 19.1. The van der Waals surface area contributed by atoms with E-state index in [9.17, 15) is 0 Å². The lowest BCUT2D eigenvalue weighted by Gasteiger charge is -2.43. The molecule has 5 nitrogen and oxygen atoms in total. The molecule has 6 heteroatoms. The minimum Gasteiger partial charge on any atom is -0.374 e. The first-order valence-corrected chi connectivity index (χ1v) is 13.6. The van der Waals surface area contributed by atoms with Crippen molar-refractivity contribution in [3.63, 3.8) is 0 Å². The van der Waals surface area contributed by atoms with Gasteiger partial charge in [0.25, 0.3) is 0 Å². The van der Waals surface area contributed by atoms with Gasteiger partial charge in [0.1, 0.15) is 24.4 Å². The van der Waals surface area contributed by atoms with Gasteiger partial charge in [-0.3, -0.25) is 0 Å². The van der Waals surface area contributed by atoms with E-state index in [0.29, 0.717) is 13.2 Å². The molecule has 1 heterocycles. The zero-order valence-electron chi connectivity index (χ0n) is 22.4. The molecule has 1 aliphatic heterocycles. The highest BCUT2D eigenvalue weighted by Crippen LogP contribution is 2.31. The van der Waals surface area contributed by atoms with Crippen molar-refractivity contribution < 1.29 is 28.1 Å². The van der Waals surface area contributed by atoms with Crippen molar-refractivity contribution in [1.29, 1.82) is 0 Å². The number of ether oxygens (including phenoxy) is 5. The molecule has 0 N–H and O–H groups in total. The highest BCUT2D eigenvalue weighted by molar-refractivity contribution is 5.16. The first kappa shape index (κ1) is 28.1. The Bertz CT molecular complexity index is 1240. The Labute approximate surface area is 235 Å². The maximum atomic E-state index is 15.7. The lowest BCUT2D eigenvalue weighted by atomic mass is 9.98. The van der Waals surface area contributed by atoms with Gasteiger partial charge >= 0.3 is 0 Å². The van der Waals surface area contributed by atoms with E-state index in [2.05, 4.69) is 0 Å². The van der Waals surface area contributed by atoms with Crippen LogP contribution in [0.15, 0.2) is 121 Å². The molecule has 208 valence electrons. The van der Waals surface area contributed by atoms with Gasteiger partial charge in [-0.1, -0.05) is 121 Å². The van der Waals surface area contributed by atoms with Crippen LogP contribution in [-0.2, 0) is 50.1 Å². The summed E-state index contributed by atoms with van der Waals surface area (Å²) in [6, 6.07) is 39.2. The van der Waals surface area contributed by atoms with Gasteiger partial charge < -0.3 is 23.7 Å². The minimum atomic E-state index is -1.72. The molecule has 0 saturated carbocycles. The zero-order chi connectivity index (χ0) is 27.4. The monoisotopic (exact) mass is 542 g/mol. The third-order valence-electron chi connectivity index (χ3n) is 6.83. The average molecular weight is 543 g/mol. The van der Waals surface area contributed by atoms with Crippen LogP contribution < -0.4 is 0 Å². The summed E-state index contributed by atoms with van der Waals surface area (Å²) in [5.41, 5.74) is 3.94. The molecule has 1 fully saturated rings. The number of benzene rings is 4. The number of halogens is 1. The first-order valence-electron chi connectivity index (χ1n) is 13.6. The zero-order valence-corrected chi connectivity index (χ0v) is 22.4. The van der Waals surface area contributed by atoms with Crippen molar-refractivity contribution in [3.05, 3.63) is 144 Å². The highest BCUT2D eigenvalue weighted by Gasteiger charge is 2.48. The summed E-state index contributed by atoms with van der Waals surface area (Å²) < 4.78 is 46.6. The van der Waals surface area contributed by atoms with Crippen molar-refractivity contribution >= 4 is 0 Å². The van der Waals surface area contributed by atoms with Gasteiger partial charge in [-0.15, -0.1) is 0 Å². The number of rotatable bonds is 13. The molecule has 5 rings (SSSR count). The largest absolute Gasteiger partial charge is 0.374 e. The third-order valence-corrected chi connectivity index (χ3v) is 6.83. The van der Waals surface area contributed by atoms with E-state index < -0.39 is 30.8 Å². The summed E-state index contributed by atoms with van der Waals surface area (Å²) in [7, 11) is 0. The molecule has 0 amide bonds. The van der Waals surface area contributed by atoms with E-state index in [-0.39, 0.29) is 19.8 Å². The van der Waals surface area contributed by atoms with Gasteiger partial charge in [0, 0.05) is 0 Å². The van der Waals surface area contributed by atoms with Crippen molar-refractivity contribution in [2.75, 3.05) is 6.61 Å². The first-order chi connectivity index (χ1) is 19.8. The van der Waals surface area contributed by atoms with E-state index in [1.165, 1.54) is 0 Å². The van der Waals surface area contributed by atoms with Crippen LogP contribution in [0, 0.1) is 0 Å². The summed E-state index contributed by atoms with van der Waals surface area (Å²) in [4.78, 5) is 0. The average Bonchev–Trinajstić information content (AvgIpc) is 3.01. The fourth-order valence-electron chi connectivity index (χ4n) is 4.73. The van der Waals surface area contributed by atoms with E-state index in [1.54, 1.807) is 0 Å².